The highest BCUT2D eigenvalue weighted by Crippen LogP contribution is 2.34. The van der Waals surface area contributed by atoms with E-state index in [1.807, 2.05) is 0 Å². The van der Waals surface area contributed by atoms with Gasteiger partial charge in [-0.15, -0.1) is 0 Å². The fourth-order valence-electron chi connectivity index (χ4n) is 1.81. The first-order valence-corrected chi connectivity index (χ1v) is 7.00. The molecular formula is C13H13Br2N3. The fraction of sp³-hybridized carbons (Fsp3) is 0.154. The highest BCUT2D eigenvalue weighted by Gasteiger charge is 2.09. The molecule has 3 N–H and O–H groups in total. The number of anilines is 3. The van der Waals surface area contributed by atoms with Gasteiger partial charge in [0, 0.05) is 16.4 Å². The van der Waals surface area contributed by atoms with E-state index in [0.29, 0.717) is 5.69 Å². The molecule has 18 heavy (non-hydrogen) atoms. The average Bonchev–Trinajstić information content (AvgIpc) is 2.26. The Morgan fingerprint density at radius 2 is 1.67 bits per heavy atom. The number of rotatable bonds is 2. The van der Waals surface area contributed by atoms with Crippen LogP contribution in [0.2, 0.25) is 0 Å². The Kier molecular flexibility index (Phi) is 3.92. The monoisotopic (exact) mass is 369 g/mol. The number of nitrogen functional groups attached to an aromatic ring is 1. The molecule has 3 nitrogen and oxygen atoms in total. The van der Waals surface area contributed by atoms with Crippen LogP contribution in [0, 0.1) is 13.8 Å². The molecule has 0 atom stereocenters. The Morgan fingerprint density at radius 3 is 2.22 bits per heavy atom. The molecule has 0 bridgehead atoms. The molecule has 0 unspecified atom stereocenters. The smallest absolute Gasteiger partial charge is 0.0794 e. The van der Waals surface area contributed by atoms with Crippen molar-refractivity contribution in [2.45, 2.75) is 13.8 Å². The van der Waals surface area contributed by atoms with Crippen molar-refractivity contribution < 1.29 is 0 Å². The standard InChI is InChI=1S/C13H13Br2N3/c1-7-3-9(14)4-8(2)12(7)18-13-10(15)5-17-6-11(13)16/h3-6H,16H2,1-2H3,(H,17,18). The van der Waals surface area contributed by atoms with Gasteiger partial charge in [-0.05, 0) is 53.0 Å². The molecule has 1 aromatic heterocycles. The molecule has 0 spiro atoms. The molecule has 2 aromatic rings. The number of nitrogens with two attached hydrogens (primary N) is 1. The SMILES string of the molecule is Cc1cc(Br)cc(C)c1Nc1c(N)cncc1Br. The summed E-state index contributed by atoms with van der Waals surface area (Å²) in [6, 6.07) is 4.14. The van der Waals surface area contributed by atoms with E-state index in [1.165, 1.54) is 0 Å². The minimum Gasteiger partial charge on any atom is -0.396 e. The van der Waals surface area contributed by atoms with Gasteiger partial charge in [-0.25, -0.2) is 0 Å². The predicted octanol–water partition coefficient (Wildman–Crippen LogP) is 4.55. The number of nitrogens with one attached hydrogen (secondary N) is 1. The zero-order valence-electron chi connectivity index (χ0n) is 10.1. The summed E-state index contributed by atoms with van der Waals surface area (Å²) in [6.07, 6.45) is 3.36. The molecule has 2 rings (SSSR count). The van der Waals surface area contributed by atoms with E-state index in [4.69, 9.17) is 5.73 Å². The van der Waals surface area contributed by atoms with Crippen molar-refractivity contribution in [3.05, 3.63) is 44.6 Å². The molecule has 0 aliphatic heterocycles. The molecule has 94 valence electrons. The lowest BCUT2D eigenvalue weighted by Gasteiger charge is -2.16. The second-order valence-corrected chi connectivity index (χ2v) is 5.90. The van der Waals surface area contributed by atoms with Crippen LogP contribution in [-0.4, -0.2) is 4.98 Å². The first kappa shape index (κ1) is 13.4. The van der Waals surface area contributed by atoms with Crippen molar-refractivity contribution in [3.63, 3.8) is 0 Å². The molecule has 1 aromatic carbocycles. The molecule has 0 aliphatic carbocycles. The third-order valence-electron chi connectivity index (χ3n) is 2.68. The number of nitrogens with zero attached hydrogens (tertiary/aromatic N) is 1. The van der Waals surface area contributed by atoms with Gasteiger partial charge in [0.05, 0.1) is 22.0 Å². The van der Waals surface area contributed by atoms with Gasteiger partial charge in [0.2, 0.25) is 0 Å². The van der Waals surface area contributed by atoms with E-state index >= 15 is 0 Å². The Labute approximate surface area is 123 Å². The highest BCUT2D eigenvalue weighted by molar-refractivity contribution is 9.10. The number of halogens is 2. The van der Waals surface area contributed by atoms with Crippen molar-refractivity contribution in [3.8, 4) is 0 Å². The number of aromatic nitrogens is 1. The number of aryl methyl sites for hydroxylation is 2. The van der Waals surface area contributed by atoms with Crippen molar-refractivity contribution in [1.82, 2.24) is 4.98 Å². The fourth-order valence-corrected chi connectivity index (χ4v) is 2.95. The largest absolute Gasteiger partial charge is 0.396 e. The average molecular weight is 371 g/mol. The molecule has 0 amide bonds. The van der Waals surface area contributed by atoms with E-state index in [2.05, 4.69) is 68.1 Å². The topological polar surface area (TPSA) is 50.9 Å². The molecule has 0 radical (unpaired) electrons. The van der Waals surface area contributed by atoms with E-state index in [9.17, 15) is 0 Å². The molecule has 0 saturated heterocycles. The summed E-state index contributed by atoms with van der Waals surface area (Å²) >= 11 is 6.94. The lowest BCUT2D eigenvalue weighted by atomic mass is 10.1. The van der Waals surface area contributed by atoms with Gasteiger partial charge in [-0.1, -0.05) is 15.9 Å². The van der Waals surface area contributed by atoms with Gasteiger partial charge >= 0.3 is 0 Å². The molecule has 0 aliphatic rings. The van der Waals surface area contributed by atoms with Crippen LogP contribution >= 0.6 is 31.9 Å². The van der Waals surface area contributed by atoms with E-state index in [-0.39, 0.29) is 0 Å². The summed E-state index contributed by atoms with van der Waals surface area (Å²) in [5, 5.41) is 3.37. The van der Waals surface area contributed by atoms with Crippen molar-refractivity contribution in [1.29, 1.82) is 0 Å². The van der Waals surface area contributed by atoms with E-state index in [0.717, 1.165) is 31.4 Å². The third-order valence-corrected chi connectivity index (χ3v) is 3.74. The van der Waals surface area contributed by atoms with Gasteiger partial charge in [-0.3, -0.25) is 4.98 Å². The van der Waals surface area contributed by atoms with Crippen LogP contribution in [0.15, 0.2) is 33.5 Å². The molecule has 1 heterocycles. The maximum absolute atomic E-state index is 5.94. The molecule has 0 fully saturated rings. The second kappa shape index (κ2) is 5.28. The lowest BCUT2D eigenvalue weighted by molar-refractivity contribution is 1.29. The zero-order valence-corrected chi connectivity index (χ0v) is 13.3. The summed E-state index contributed by atoms with van der Waals surface area (Å²) in [4.78, 5) is 4.03. The minimum absolute atomic E-state index is 0.617. The first-order chi connectivity index (χ1) is 8.49. The van der Waals surface area contributed by atoms with Gasteiger partial charge < -0.3 is 11.1 Å². The van der Waals surface area contributed by atoms with Gasteiger partial charge in [-0.2, -0.15) is 0 Å². The van der Waals surface area contributed by atoms with Crippen molar-refractivity contribution in [2.24, 2.45) is 0 Å². The lowest BCUT2D eigenvalue weighted by Crippen LogP contribution is -2.01. The number of pyridine rings is 1. The van der Waals surface area contributed by atoms with Crippen molar-refractivity contribution >= 4 is 48.9 Å². The number of hydrogen-bond donors (Lipinski definition) is 2. The predicted molar refractivity (Wildman–Crippen MR) is 83.2 cm³/mol. The molecule has 0 saturated carbocycles. The summed E-state index contributed by atoms with van der Waals surface area (Å²) in [5.74, 6) is 0. The van der Waals surface area contributed by atoms with Crippen LogP contribution in [0.3, 0.4) is 0 Å². The normalized spacial score (nSPS) is 10.4. The van der Waals surface area contributed by atoms with Crippen LogP contribution in [0.5, 0.6) is 0 Å². The second-order valence-electron chi connectivity index (χ2n) is 4.13. The Bertz CT molecular complexity index is 554. The number of benzene rings is 1. The Balaban J connectivity index is 2.47. The number of hydrogen-bond acceptors (Lipinski definition) is 3. The maximum Gasteiger partial charge on any atom is 0.0794 e. The molecule has 5 heteroatoms. The van der Waals surface area contributed by atoms with Crippen LogP contribution in [0.1, 0.15) is 11.1 Å². The minimum atomic E-state index is 0.617. The summed E-state index contributed by atoms with van der Waals surface area (Å²) in [6.45, 7) is 4.12. The summed E-state index contributed by atoms with van der Waals surface area (Å²) in [7, 11) is 0. The van der Waals surface area contributed by atoms with Crippen LogP contribution in [0.4, 0.5) is 17.1 Å². The summed E-state index contributed by atoms with van der Waals surface area (Å²) < 4.78 is 1.93. The van der Waals surface area contributed by atoms with Crippen LogP contribution in [0.25, 0.3) is 0 Å². The van der Waals surface area contributed by atoms with Gasteiger partial charge in [0.25, 0.3) is 0 Å². The van der Waals surface area contributed by atoms with E-state index in [1.54, 1.807) is 12.4 Å². The van der Waals surface area contributed by atoms with Crippen LogP contribution in [-0.2, 0) is 0 Å². The quantitative estimate of drug-likeness (QED) is 0.815. The zero-order chi connectivity index (χ0) is 13.3. The van der Waals surface area contributed by atoms with Crippen LogP contribution < -0.4 is 11.1 Å². The summed E-state index contributed by atoms with van der Waals surface area (Å²) in [5.41, 5.74) is 10.8. The van der Waals surface area contributed by atoms with E-state index < -0.39 is 0 Å². The maximum atomic E-state index is 5.94. The van der Waals surface area contributed by atoms with Gasteiger partial charge in [0.1, 0.15) is 0 Å². The van der Waals surface area contributed by atoms with Gasteiger partial charge in [0.15, 0.2) is 0 Å². The van der Waals surface area contributed by atoms with Crippen molar-refractivity contribution in [2.75, 3.05) is 11.1 Å². The first-order valence-electron chi connectivity index (χ1n) is 5.42. The molecular weight excluding hydrogens is 358 g/mol. The highest BCUT2D eigenvalue weighted by atomic mass is 79.9. The third kappa shape index (κ3) is 2.67. The Morgan fingerprint density at radius 1 is 1.06 bits per heavy atom. The Hall–Kier alpha value is -1.07.